The maximum Gasteiger partial charge on any atom is 0.121 e. The van der Waals surface area contributed by atoms with Crippen LogP contribution in [0.5, 0.6) is 0 Å². The molecule has 0 aromatic heterocycles. The molecule has 1 aliphatic carbocycles. The molecule has 1 saturated heterocycles. The number of allylic oxidation sites excluding steroid dienone is 2. The summed E-state index contributed by atoms with van der Waals surface area (Å²) in [6.45, 7) is 8.40. The lowest BCUT2D eigenvalue weighted by Gasteiger charge is -2.39. The SMILES string of the molecule is CC(/C=C/C12OC1(C)C[C@@H](O)CC2(C)C)=C\CO. The van der Waals surface area contributed by atoms with Crippen molar-refractivity contribution in [2.75, 3.05) is 6.61 Å². The summed E-state index contributed by atoms with van der Waals surface area (Å²) >= 11 is 0. The summed E-state index contributed by atoms with van der Waals surface area (Å²) in [7, 11) is 0. The Morgan fingerprint density at radius 1 is 1.33 bits per heavy atom. The van der Waals surface area contributed by atoms with Crippen molar-refractivity contribution in [1.29, 1.82) is 0 Å². The van der Waals surface area contributed by atoms with Crippen molar-refractivity contribution in [3.8, 4) is 0 Å². The number of epoxide rings is 1. The van der Waals surface area contributed by atoms with Crippen molar-refractivity contribution >= 4 is 0 Å². The van der Waals surface area contributed by atoms with Gasteiger partial charge in [0.2, 0.25) is 0 Å². The molecule has 3 atom stereocenters. The highest BCUT2D eigenvalue weighted by atomic mass is 16.6. The van der Waals surface area contributed by atoms with Gasteiger partial charge >= 0.3 is 0 Å². The van der Waals surface area contributed by atoms with Gasteiger partial charge in [0, 0.05) is 11.8 Å². The Morgan fingerprint density at radius 2 is 2.00 bits per heavy atom. The average molecular weight is 252 g/mol. The van der Waals surface area contributed by atoms with Gasteiger partial charge in [-0.2, -0.15) is 0 Å². The number of hydrogen-bond donors (Lipinski definition) is 2. The standard InChI is InChI=1S/C15H24O3/c1-11(6-8-16)5-7-15-13(2,3)9-12(17)10-14(15,4)18-15/h5-7,12,16-17H,8-10H2,1-4H3/b7-5+,11-6+/t12-,14?,15?/m0/s1. The van der Waals surface area contributed by atoms with Crippen molar-refractivity contribution in [2.45, 2.75) is 57.8 Å². The second-order valence-corrected chi connectivity index (χ2v) is 6.48. The fourth-order valence-corrected chi connectivity index (χ4v) is 3.54. The van der Waals surface area contributed by atoms with Crippen LogP contribution in [-0.2, 0) is 4.74 Å². The predicted molar refractivity (Wildman–Crippen MR) is 71.2 cm³/mol. The van der Waals surface area contributed by atoms with E-state index in [9.17, 15) is 5.11 Å². The summed E-state index contributed by atoms with van der Waals surface area (Å²) in [6.07, 6.45) is 7.08. The summed E-state index contributed by atoms with van der Waals surface area (Å²) < 4.78 is 6.03. The molecular weight excluding hydrogens is 228 g/mol. The lowest BCUT2D eigenvalue weighted by molar-refractivity contribution is 0.0515. The second-order valence-electron chi connectivity index (χ2n) is 6.48. The van der Waals surface area contributed by atoms with Crippen molar-refractivity contribution in [1.82, 2.24) is 0 Å². The van der Waals surface area contributed by atoms with E-state index in [4.69, 9.17) is 9.84 Å². The van der Waals surface area contributed by atoms with Crippen LogP contribution in [0.2, 0.25) is 0 Å². The van der Waals surface area contributed by atoms with E-state index < -0.39 is 0 Å². The molecule has 0 aromatic rings. The molecule has 18 heavy (non-hydrogen) atoms. The zero-order chi connectivity index (χ0) is 13.6. The molecule has 0 aromatic carbocycles. The zero-order valence-corrected chi connectivity index (χ0v) is 11.7. The predicted octanol–water partition coefficient (Wildman–Crippen LogP) is 2.19. The van der Waals surface area contributed by atoms with Gasteiger partial charge in [-0.1, -0.05) is 31.6 Å². The first-order valence-corrected chi connectivity index (χ1v) is 6.61. The lowest BCUT2D eigenvalue weighted by atomic mass is 9.63. The van der Waals surface area contributed by atoms with Crippen molar-refractivity contribution in [2.24, 2.45) is 5.41 Å². The van der Waals surface area contributed by atoms with E-state index >= 15 is 0 Å². The van der Waals surface area contributed by atoms with Crippen LogP contribution in [0.3, 0.4) is 0 Å². The molecule has 3 nitrogen and oxygen atoms in total. The monoisotopic (exact) mass is 252 g/mol. The average Bonchev–Trinajstić information content (AvgIpc) is 2.82. The third-order valence-electron chi connectivity index (χ3n) is 4.50. The molecule has 1 heterocycles. The minimum atomic E-state index is -0.275. The maximum atomic E-state index is 9.93. The van der Waals surface area contributed by atoms with E-state index in [2.05, 4.69) is 26.8 Å². The third-order valence-corrected chi connectivity index (χ3v) is 4.50. The van der Waals surface area contributed by atoms with Crippen LogP contribution >= 0.6 is 0 Å². The van der Waals surface area contributed by atoms with Crippen LogP contribution in [0.25, 0.3) is 0 Å². The van der Waals surface area contributed by atoms with E-state index in [-0.39, 0.29) is 29.3 Å². The molecular formula is C15H24O3. The van der Waals surface area contributed by atoms with Gasteiger partial charge in [0.15, 0.2) is 0 Å². The van der Waals surface area contributed by atoms with E-state index in [1.54, 1.807) is 6.08 Å². The van der Waals surface area contributed by atoms with E-state index in [0.29, 0.717) is 6.42 Å². The lowest BCUT2D eigenvalue weighted by Crippen LogP contribution is -2.46. The first-order chi connectivity index (χ1) is 8.26. The number of rotatable bonds is 3. The van der Waals surface area contributed by atoms with Crippen molar-refractivity contribution < 1.29 is 14.9 Å². The van der Waals surface area contributed by atoms with E-state index in [1.807, 2.05) is 13.0 Å². The zero-order valence-electron chi connectivity index (χ0n) is 11.7. The first-order valence-electron chi connectivity index (χ1n) is 6.61. The Labute approximate surface area is 109 Å². The maximum absolute atomic E-state index is 9.93. The first kappa shape index (κ1) is 13.8. The Hall–Kier alpha value is -0.640. The largest absolute Gasteiger partial charge is 0.393 e. The summed E-state index contributed by atoms with van der Waals surface area (Å²) in [5.74, 6) is 0. The van der Waals surface area contributed by atoms with Crippen LogP contribution in [0.15, 0.2) is 23.8 Å². The summed E-state index contributed by atoms with van der Waals surface area (Å²) in [5, 5.41) is 18.8. The molecule has 0 spiro atoms. The highest BCUT2D eigenvalue weighted by Gasteiger charge is 2.74. The second kappa shape index (κ2) is 4.19. The van der Waals surface area contributed by atoms with Crippen LogP contribution in [-0.4, -0.2) is 34.1 Å². The molecule has 2 aliphatic rings. The van der Waals surface area contributed by atoms with Crippen LogP contribution < -0.4 is 0 Å². The minimum Gasteiger partial charge on any atom is -0.393 e. The molecule has 2 N–H and O–H groups in total. The quantitative estimate of drug-likeness (QED) is 0.598. The van der Waals surface area contributed by atoms with Gasteiger partial charge in [-0.15, -0.1) is 0 Å². The van der Waals surface area contributed by atoms with Crippen LogP contribution in [0.4, 0.5) is 0 Å². The Balaban J connectivity index is 2.24. The molecule has 0 radical (unpaired) electrons. The molecule has 1 saturated carbocycles. The van der Waals surface area contributed by atoms with Gasteiger partial charge in [-0.25, -0.2) is 0 Å². The van der Waals surface area contributed by atoms with Crippen molar-refractivity contribution in [3.05, 3.63) is 23.8 Å². The summed E-state index contributed by atoms with van der Waals surface area (Å²) in [5.41, 5.74) is 0.440. The van der Waals surface area contributed by atoms with Gasteiger partial charge in [0.05, 0.1) is 12.7 Å². The number of ether oxygens (including phenoxy) is 1. The molecule has 2 rings (SSSR count). The Morgan fingerprint density at radius 3 is 2.56 bits per heavy atom. The molecule has 102 valence electrons. The van der Waals surface area contributed by atoms with E-state index in [0.717, 1.165) is 12.0 Å². The van der Waals surface area contributed by atoms with Crippen molar-refractivity contribution in [3.63, 3.8) is 0 Å². The Bertz CT molecular complexity index is 397. The number of aliphatic hydroxyl groups excluding tert-OH is 2. The van der Waals surface area contributed by atoms with Crippen LogP contribution in [0.1, 0.15) is 40.5 Å². The van der Waals surface area contributed by atoms with E-state index in [1.165, 1.54) is 0 Å². The third kappa shape index (κ3) is 1.94. The van der Waals surface area contributed by atoms with Gasteiger partial charge in [-0.3, -0.25) is 0 Å². The van der Waals surface area contributed by atoms with Gasteiger partial charge < -0.3 is 14.9 Å². The summed E-state index contributed by atoms with van der Waals surface area (Å²) in [6, 6.07) is 0. The van der Waals surface area contributed by atoms with Gasteiger partial charge in [-0.05, 0) is 26.3 Å². The molecule has 0 amide bonds. The molecule has 2 unspecified atom stereocenters. The molecule has 1 aliphatic heterocycles. The van der Waals surface area contributed by atoms with Crippen LogP contribution in [0, 0.1) is 5.41 Å². The molecule has 0 bridgehead atoms. The summed E-state index contributed by atoms with van der Waals surface area (Å²) in [4.78, 5) is 0. The van der Waals surface area contributed by atoms with Gasteiger partial charge in [0.1, 0.15) is 11.2 Å². The number of fused-ring (bicyclic) bond motifs is 1. The molecule has 2 fully saturated rings. The Kier molecular flexibility index (Phi) is 3.21. The number of hydrogen-bond acceptors (Lipinski definition) is 3. The smallest absolute Gasteiger partial charge is 0.121 e. The fourth-order valence-electron chi connectivity index (χ4n) is 3.54. The van der Waals surface area contributed by atoms with Gasteiger partial charge in [0.25, 0.3) is 0 Å². The highest BCUT2D eigenvalue weighted by molar-refractivity contribution is 5.35. The highest BCUT2D eigenvalue weighted by Crippen LogP contribution is 2.66. The number of aliphatic hydroxyl groups is 2. The topological polar surface area (TPSA) is 53.0 Å². The molecule has 3 heteroatoms. The minimum absolute atomic E-state index is 0.0589. The normalized spacial score (nSPS) is 43.0. The fraction of sp³-hybridized carbons (Fsp3) is 0.733.